The van der Waals surface area contributed by atoms with Crippen LogP contribution in [0.1, 0.15) is 6.42 Å². The molecule has 14 heavy (non-hydrogen) atoms. The summed E-state index contributed by atoms with van der Waals surface area (Å²) in [7, 11) is 2.36. The molecule has 0 radical (unpaired) electrons. The number of hydrogen-bond acceptors (Lipinski definition) is 5. The Morgan fingerprint density at radius 2 is 1.86 bits per heavy atom. The second kappa shape index (κ2) is 4.08. The van der Waals surface area contributed by atoms with Crippen molar-refractivity contribution < 1.29 is 23.9 Å². The van der Waals surface area contributed by atoms with Crippen molar-refractivity contribution in [2.75, 3.05) is 20.8 Å². The van der Waals surface area contributed by atoms with Gasteiger partial charge in [0.15, 0.2) is 0 Å². The average molecular weight is 201 g/mol. The van der Waals surface area contributed by atoms with Crippen LogP contribution in [0.2, 0.25) is 0 Å². The molecular formula is C8H11NO5. The van der Waals surface area contributed by atoms with Crippen molar-refractivity contribution in [2.45, 2.75) is 12.5 Å². The van der Waals surface area contributed by atoms with E-state index in [4.69, 9.17) is 0 Å². The second-order valence-electron chi connectivity index (χ2n) is 2.82. The molecule has 0 saturated carbocycles. The van der Waals surface area contributed by atoms with Crippen LogP contribution in [0.4, 0.5) is 0 Å². The van der Waals surface area contributed by atoms with Crippen LogP contribution in [0.15, 0.2) is 0 Å². The Balaban J connectivity index is 2.58. The van der Waals surface area contributed by atoms with Crippen molar-refractivity contribution in [1.82, 2.24) is 4.90 Å². The van der Waals surface area contributed by atoms with Crippen molar-refractivity contribution in [3.05, 3.63) is 0 Å². The highest BCUT2D eigenvalue weighted by Crippen LogP contribution is 2.18. The molecule has 6 nitrogen and oxygen atoms in total. The van der Waals surface area contributed by atoms with E-state index in [0.717, 1.165) is 12.0 Å². The number of rotatable bonds is 1. The highest BCUT2D eigenvalue weighted by Gasteiger charge is 2.41. The van der Waals surface area contributed by atoms with E-state index in [2.05, 4.69) is 9.47 Å². The number of carbonyl (C=O) groups is 3. The molecule has 0 aromatic carbocycles. The molecule has 6 heteroatoms. The molecule has 1 heterocycles. The Labute approximate surface area is 80.8 Å². The first-order valence-electron chi connectivity index (χ1n) is 4.08. The lowest BCUT2D eigenvalue weighted by atomic mass is 10.0. The van der Waals surface area contributed by atoms with Crippen LogP contribution in [0.3, 0.4) is 0 Å². The zero-order valence-corrected chi connectivity index (χ0v) is 7.98. The van der Waals surface area contributed by atoms with Crippen molar-refractivity contribution in [2.24, 2.45) is 0 Å². The molecule has 0 spiro atoms. The molecule has 1 aliphatic rings. The van der Waals surface area contributed by atoms with Crippen molar-refractivity contribution in [1.29, 1.82) is 0 Å². The monoisotopic (exact) mass is 201 g/mol. The SMILES string of the molecule is COC(=O)C(=O)N1CC[C@H]1C(=O)OC. The van der Waals surface area contributed by atoms with E-state index in [9.17, 15) is 14.4 Å². The van der Waals surface area contributed by atoms with E-state index in [-0.39, 0.29) is 0 Å². The summed E-state index contributed by atoms with van der Waals surface area (Å²) in [4.78, 5) is 34.3. The van der Waals surface area contributed by atoms with Gasteiger partial charge in [-0.05, 0) is 6.42 Å². The maximum Gasteiger partial charge on any atom is 0.396 e. The highest BCUT2D eigenvalue weighted by atomic mass is 16.5. The Bertz CT molecular complexity index is 275. The van der Waals surface area contributed by atoms with E-state index in [1.54, 1.807) is 0 Å². The Kier molecular flexibility index (Phi) is 3.06. The summed E-state index contributed by atoms with van der Waals surface area (Å²) in [5, 5.41) is 0. The fraction of sp³-hybridized carbons (Fsp3) is 0.625. The third-order valence-corrected chi connectivity index (χ3v) is 2.11. The smallest absolute Gasteiger partial charge is 0.396 e. The number of esters is 2. The van der Waals surface area contributed by atoms with Gasteiger partial charge in [-0.3, -0.25) is 4.79 Å². The van der Waals surface area contributed by atoms with E-state index in [0.29, 0.717) is 13.0 Å². The largest absolute Gasteiger partial charge is 0.467 e. The lowest BCUT2D eigenvalue weighted by Crippen LogP contribution is -2.57. The van der Waals surface area contributed by atoms with Crippen LogP contribution >= 0.6 is 0 Å². The fourth-order valence-electron chi connectivity index (χ4n) is 1.22. The molecule has 0 bridgehead atoms. The van der Waals surface area contributed by atoms with Crippen LogP contribution in [0, 0.1) is 0 Å². The first-order valence-corrected chi connectivity index (χ1v) is 4.08. The topological polar surface area (TPSA) is 72.9 Å². The van der Waals surface area contributed by atoms with Gasteiger partial charge in [-0.25, -0.2) is 9.59 Å². The normalized spacial score (nSPS) is 19.6. The van der Waals surface area contributed by atoms with Gasteiger partial charge < -0.3 is 14.4 Å². The standard InChI is InChI=1S/C8H11NO5/c1-13-7(11)5-3-4-9(5)6(10)8(12)14-2/h5H,3-4H2,1-2H3/t5-/m0/s1. The van der Waals surface area contributed by atoms with Gasteiger partial charge in [-0.1, -0.05) is 0 Å². The lowest BCUT2D eigenvalue weighted by Gasteiger charge is -2.37. The van der Waals surface area contributed by atoms with E-state index in [1.165, 1.54) is 7.11 Å². The summed E-state index contributed by atoms with van der Waals surface area (Å²) in [5.74, 6) is -2.26. The number of ether oxygens (including phenoxy) is 2. The molecule has 1 rings (SSSR count). The molecular weight excluding hydrogens is 190 g/mol. The van der Waals surface area contributed by atoms with Gasteiger partial charge >= 0.3 is 17.8 Å². The highest BCUT2D eigenvalue weighted by molar-refractivity contribution is 6.33. The summed E-state index contributed by atoms with van der Waals surface area (Å²) in [6.07, 6.45) is 0.523. The molecule has 0 unspecified atom stereocenters. The summed E-state index contributed by atoms with van der Waals surface area (Å²) < 4.78 is 8.71. The molecule has 1 amide bonds. The molecule has 1 saturated heterocycles. The number of carbonyl (C=O) groups excluding carboxylic acids is 3. The van der Waals surface area contributed by atoms with Crippen LogP contribution in [0.5, 0.6) is 0 Å². The molecule has 0 aromatic heterocycles. The predicted octanol–water partition coefficient (Wildman–Crippen LogP) is -1.07. The molecule has 0 aromatic rings. The lowest BCUT2D eigenvalue weighted by molar-refractivity contribution is -0.168. The van der Waals surface area contributed by atoms with Gasteiger partial charge in [0, 0.05) is 6.54 Å². The van der Waals surface area contributed by atoms with Gasteiger partial charge in [0.1, 0.15) is 6.04 Å². The van der Waals surface area contributed by atoms with Gasteiger partial charge in [0.05, 0.1) is 14.2 Å². The Hall–Kier alpha value is -1.59. The zero-order chi connectivity index (χ0) is 10.7. The van der Waals surface area contributed by atoms with Gasteiger partial charge in [-0.15, -0.1) is 0 Å². The molecule has 1 fully saturated rings. The first kappa shape index (κ1) is 10.5. The minimum Gasteiger partial charge on any atom is -0.467 e. The van der Waals surface area contributed by atoms with Crippen LogP contribution in [-0.2, 0) is 23.9 Å². The maximum absolute atomic E-state index is 11.2. The quantitative estimate of drug-likeness (QED) is 0.399. The van der Waals surface area contributed by atoms with Crippen molar-refractivity contribution >= 4 is 17.8 Å². The van der Waals surface area contributed by atoms with E-state index in [1.807, 2.05) is 0 Å². The van der Waals surface area contributed by atoms with E-state index >= 15 is 0 Å². The van der Waals surface area contributed by atoms with Gasteiger partial charge in [0.25, 0.3) is 0 Å². The number of nitrogens with zero attached hydrogens (tertiary/aromatic N) is 1. The third kappa shape index (κ3) is 1.68. The maximum atomic E-state index is 11.2. The minimum absolute atomic E-state index is 0.383. The number of methoxy groups -OCH3 is 2. The summed E-state index contributed by atoms with van der Waals surface area (Å²) in [6, 6.07) is -0.633. The minimum atomic E-state index is -0.960. The third-order valence-electron chi connectivity index (χ3n) is 2.11. The predicted molar refractivity (Wildman–Crippen MR) is 44.2 cm³/mol. The van der Waals surface area contributed by atoms with Crippen molar-refractivity contribution in [3.63, 3.8) is 0 Å². The molecule has 78 valence electrons. The zero-order valence-electron chi connectivity index (χ0n) is 7.98. The molecule has 0 aliphatic carbocycles. The molecule has 1 aliphatic heterocycles. The average Bonchev–Trinajstić information content (AvgIpc) is 2.14. The van der Waals surface area contributed by atoms with Crippen LogP contribution in [-0.4, -0.2) is 49.6 Å². The first-order chi connectivity index (χ1) is 6.61. The molecule has 0 N–H and O–H groups in total. The van der Waals surface area contributed by atoms with Crippen molar-refractivity contribution in [3.8, 4) is 0 Å². The van der Waals surface area contributed by atoms with Crippen LogP contribution in [0.25, 0.3) is 0 Å². The van der Waals surface area contributed by atoms with Crippen LogP contribution < -0.4 is 0 Å². The summed E-state index contributed by atoms with van der Waals surface area (Å²) in [5.41, 5.74) is 0. The molecule has 1 atom stereocenters. The van der Waals surface area contributed by atoms with Gasteiger partial charge in [0.2, 0.25) is 0 Å². The Morgan fingerprint density at radius 1 is 1.21 bits per heavy atom. The second-order valence-corrected chi connectivity index (χ2v) is 2.82. The van der Waals surface area contributed by atoms with E-state index < -0.39 is 23.9 Å². The summed E-state index contributed by atoms with van der Waals surface area (Å²) in [6.45, 7) is 0.383. The number of hydrogen-bond donors (Lipinski definition) is 0. The number of likely N-dealkylation sites (tertiary alicyclic amines) is 1. The Morgan fingerprint density at radius 3 is 2.21 bits per heavy atom. The van der Waals surface area contributed by atoms with Gasteiger partial charge in [-0.2, -0.15) is 0 Å². The number of amides is 1. The fourth-order valence-corrected chi connectivity index (χ4v) is 1.22. The summed E-state index contributed by atoms with van der Waals surface area (Å²) >= 11 is 0.